The monoisotopic (exact) mass is 275 g/mol. The summed E-state index contributed by atoms with van der Waals surface area (Å²) in [6.45, 7) is 2.37. The van der Waals surface area contributed by atoms with Crippen LogP contribution in [0.4, 0.5) is 13.2 Å². The molecule has 1 unspecified atom stereocenters. The van der Waals surface area contributed by atoms with Gasteiger partial charge in [0, 0.05) is 25.8 Å². The van der Waals surface area contributed by atoms with Gasteiger partial charge in [0.25, 0.3) is 5.91 Å². The van der Waals surface area contributed by atoms with Gasteiger partial charge in [0.05, 0.1) is 5.56 Å². The highest BCUT2D eigenvalue weighted by molar-refractivity contribution is 5.95. The van der Waals surface area contributed by atoms with Crippen molar-refractivity contribution in [3.05, 3.63) is 17.5 Å². The summed E-state index contributed by atoms with van der Waals surface area (Å²) in [4.78, 5) is 13.8. The first-order valence-corrected chi connectivity index (χ1v) is 6.22. The number of hydrogen-bond donors (Lipinski definition) is 0. The van der Waals surface area contributed by atoms with Crippen molar-refractivity contribution in [2.75, 3.05) is 6.54 Å². The molecule has 0 aliphatic carbocycles. The summed E-state index contributed by atoms with van der Waals surface area (Å²) in [6.07, 6.45) is -0.799. The number of alkyl halides is 3. The van der Waals surface area contributed by atoms with Crippen LogP contribution in [0.5, 0.6) is 0 Å². The Morgan fingerprint density at radius 1 is 1.42 bits per heavy atom. The van der Waals surface area contributed by atoms with Crippen molar-refractivity contribution in [3.8, 4) is 0 Å². The molecule has 7 heteroatoms. The van der Waals surface area contributed by atoms with Crippen LogP contribution in [-0.4, -0.2) is 33.2 Å². The molecule has 0 N–H and O–H groups in total. The van der Waals surface area contributed by atoms with E-state index in [-0.39, 0.29) is 11.6 Å². The maximum absolute atomic E-state index is 12.8. The van der Waals surface area contributed by atoms with Crippen molar-refractivity contribution < 1.29 is 18.0 Å². The molecule has 0 bridgehead atoms. The van der Waals surface area contributed by atoms with Gasteiger partial charge in [-0.15, -0.1) is 0 Å². The molecule has 1 fully saturated rings. The number of aryl methyl sites for hydroxylation is 1. The van der Waals surface area contributed by atoms with Crippen LogP contribution in [0.3, 0.4) is 0 Å². The van der Waals surface area contributed by atoms with Crippen LogP contribution in [0.15, 0.2) is 6.20 Å². The lowest BCUT2D eigenvalue weighted by molar-refractivity contribution is -0.141. The number of carbonyl (C=O) groups excluding carboxylic acids is 1. The first-order chi connectivity index (χ1) is 8.80. The Hall–Kier alpha value is -1.53. The van der Waals surface area contributed by atoms with Gasteiger partial charge in [0.15, 0.2) is 5.69 Å². The highest BCUT2D eigenvalue weighted by Gasteiger charge is 2.40. The molecule has 0 saturated carbocycles. The zero-order valence-electron chi connectivity index (χ0n) is 10.9. The first kappa shape index (κ1) is 13.9. The van der Waals surface area contributed by atoms with Gasteiger partial charge < -0.3 is 4.90 Å². The van der Waals surface area contributed by atoms with Gasteiger partial charge in [0.1, 0.15) is 0 Å². The van der Waals surface area contributed by atoms with Gasteiger partial charge in [-0.05, 0) is 26.2 Å². The minimum atomic E-state index is -4.61. The zero-order valence-corrected chi connectivity index (χ0v) is 10.9. The molecular weight excluding hydrogens is 259 g/mol. The Kier molecular flexibility index (Phi) is 3.56. The molecule has 0 spiro atoms. The average molecular weight is 275 g/mol. The molecule has 1 aliphatic heterocycles. The van der Waals surface area contributed by atoms with E-state index in [1.54, 1.807) is 0 Å². The Morgan fingerprint density at radius 2 is 2.11 bits per heavy atom. The lowest BCUT2D eigenvalue weighted by atomic mass is 10.0. The first-order valence-electron chi connectivity index (χ1n) is 6.22. The smallest absolute Gasteiger partial charge is 0.336 e. The predicted molar refractivity (Wildman–Crippen MR) is 62.6 cm³/mol. The van der Waals surface area contributed by atoms with Gasteiger partial charge in [-0.1, -0.05) is 0 Å². The summed E-state index contributed by atoms with van der Waals surface area (Å²) in [5.74, 6) is -0.576. The van der Waals surface area contributed by atoms with Gasteiger partial charge in [-0.3, -0.25) is 9.48 Å². The van der Waals surface area contributed by atoms with Crippen molar-refractivity contribution >= 4 is 5.91 Å². The molecule has 106 valence electrons. The molecule has 1 aromatic heterocycles. The van der Waals surface area contributed by atoms with E-state index in [9.17, 15) is 18.0 Å². The molecule has 4 nitrogen and oxygen atoms in total. The van der Waals surface area contributed by atoms with Crippen molar-refractivity contribution in [2.45, 2.75) is 38.4 Å². The lowest BCUT2D eigenvalue weighted by Crippen LogP contribution is -2.42. The van der Waals surface area contributed by atoms with Crippen molar-refractivity contribution in [1.82, 2.24) is 14.7 Å². The lowest BCUT2D eigenvalue weighted by Gasteiger charge is -2.33. The second kappa shape index (κ2) is 4.86. The highest BCUT2D eigenvalue weighted by Crippen LogP contribution is 2.32. The standard InChI is InChI=1S/C12H16F3N3O/c1-8-5-3-4-6-18(8)11(19)9-7-17(2)16-10(9)12(13,14)15/h7-8H,3-6H2,1-2H3. The molecule has 2 heterocycles. The van der Waals surface area contributed by atoms with Crippen LogP contribution in [0.1, 0.15) is 42.2 Å². The van der Waals surface area contributed by atoms with E-state index in [4.69, 9.17) is 0 Å². The summed E-state index contributed by atoms with van der Waals surface area (Å²) in [6, 6.07) is -0.0254. The topological polar surface area (TPSA) is 38.1 Å². The van der Waals surface area contributed by atoms with Crippen molar-refractivity contribution in [2.24, 2.45) is 7.05 Å². The number of likely N-dealkylation sites (tertiary alicyclic amines) is 1. The Morgan fingerprint density at radius 3 is 2.68 bits per heavy atom. The predicted octanol–water partition coefficient (Wildman–Crippen LogP) is 2.45. The number of hydrogen-bond acceptors (Lipinski definition) is 2. The summed E-state index contributed by atoms with van der Waals surface area (Å²) in [7, 11) is 1.38. The summed E-state index contributed by atoms with van der Waals surface area (Å²) in [5, 5.41) is 3.37. The fraction of sp³-hybridized carbons (Fsp3) is 0.667. The number of rotatable bonds is 1. The van der Waals surface area contributed by atoms with E-state index < -0.39 is 17.8 Å². The summed E-state index contributed by atoms with van der Waals surface area (Å²) in [5.41, 5.74) is -1.46. The van der Waals surface area contributed by atoms with E-state index in [0.29, 0.717) is 6.54 Å². The molecule has 1 atom stereocenters. The quantitative estimate of drug-likeness (QED) is 0.789. The maximum atomic E-state index is 12.8. The fourth-order valence-electron chi connectivity index (χ4n) is 2.41. The second-order valence-electron chi connectivity index (χ2n) is 4.91. The Balaban J connectivity index is 2.33. The molecule has 19 heavy (non-hydrogen) atoms. The van der Waals surface area contributed by atoms with Gasteiger partial charge in [-0.2, -0.15) is 18.3 Å². The van der Waals surface area contributed by atoms with Crippen molar-refractivity contribution in [3.63, 3.8) is 0 Å². The average Bonchev–Trinajstić information content (AvgIpc) is 2.71. The summed E-state index contributed by atoms with van der Waals surface area (Å²) >= 11 is 0. The van der Waals surface area contributed by atoms with Crippen LogP contribution >= 0.6 is 0 Å². The van der Waals surface area contributed by atoms with E-state index in [1.807, 2.05) is 6.92 Å². The minimum absolute atomic E-state index is 0.0254. The third-order valence-corrected chi connectivity index (χ3v) is 3.39. The number of carbonyl (C=O) groups is 1. The van der Waals surface area contributed by atoms with E-state index in [2.05, 4.69) is 5.10 Å². The molecular formula is C12H16F3N3O. The number of piperidine rings is 1. The van der Waals surface area contributed by atoms with Crippen molar-refractivity contribution in [1.29, 1.82) is 0 Å². The minimum Gasteiger partial charge on any atom is -0.336 e. The SMILES string of the molecule is CC1CCCCN1C(=O)c1cn(C)nc1C(F)(F)F. The van der Waals surface area contributed by atoms with E-state index in [0.717, 1.165) is 30.1 Å². The molecule has 2 rings (SSSR count). The molecule has 1 amide bonds. The fourth-order valence-corrected chi connectivity index (χ4v) is 2.41. The third-order valence-electron chi connectivity index (χ3n) is 3.39. The highest BCUT2D eigenvalue weighted by atomic mass is 19.4. The van der Waals surface area contributed by atoms with Gasteiger partial charge >= 0.3 is 6.18 Å². The number of aromatic nitrogens is 2. The summed E-state index contributed by atoms with van der Waals surface area (Å²) < 4.78 is 39.6. The Labute approximate surface area is 109 Å². The van der Waals surface area contributed by atoms with Crippen LogP contribution in [0, 0.1) is 0 Å². The molecule has 1 aliphatic rings. The van der Waals surface area contributed by atoms with Crippen LogP contribution in [-0.2, 0) is 13.2 Å². The molecule has 1 saturated heterocycles. The van der Waals surface area contributed by atoms with Gasteiger partial charge in [0.2, 0.25) is 0 Å². The van der Waals surface area contributed by atoms with Crippen LogP contribution < -0.4 is 0 Å². The number of halogens is 3. The molecule has 0 aromatic carbocycles. The maximum Gasteiger partial charge on any atom is 0.435 e. The largest absolute Gasteiger partial charge is 0.435 e. The van der Waals surface area contributed by atoms with Gasteiger partial charge in [-0.25, -0.2) is 0 Å². The van der Waals surface area contributed by atoms with Crippen LogP contribution in [0.2, 0.25) is 0 Å². The molecule has 1 aromatic rings. The Bertz CT molecular complexity index is 481. The van der Waals surface area contributed by atoms with Crippen LogP contribution in [0.25, 0.3) is 0 Å². The zero-order chi connectivity index (χ0) is 14.2. The van der Waals surface area contributed by atoms with E-state index in [1.165, 1.54) is 11.9 Å². The second-order valence-corrected chi connectivity index (χ2v) is 4.91. The number of amides is 1. The van der Waals surface area contributed by atoms with E-state index >= 15 is 0 Å². The number of nitrogens with zero attached hydrogens (tertiary/aromatic N) is 3. The normalized spacial score (nSPS) is 20.7. The molecule has 0 radical (unpaired) electrons. The third kappa shape index (κ3) is 2.74.